The number of ketones is 1. The number of carbonyl (C=O) groups excluding carboxylic acids is 2. The predicted molar refractivity (Wildman–Crippen MR) is 77.9 cm³/mol. The van der Waals surface area contributed by atoms with Crippen LogP contribution >= 0.6 is 0 Å². The first-order valence-corrected chi connectivity index (χ1v) is 7.46. The molecule has 3 nitrogen and oxygen atoms in total. The summed E-state index contributed by atoms with van der Waals surface area (Å²) in [6.45, 7) is 10.3. The van der Waals surface area contributed by atoms with Crippen LogP contribution in [0.1, 0.15) is 66.7 Å². The highest BCUT2D eigenvalue weighted by atomic mass is 16.5. The summed E-state index contributed by atoms with van der Waals surface area (Å²) < 4.78 is 4.91. The molecule has 0 unspecified atom stereocenters. The summed E-state index contributed by atoms with van der Waals surface area (Å²) in [4.78, 5) is 22.5. The first-order chi connectivity index (χ1) is 8.81. The maximum absolute atomic E-state index is 11.9. The van der Waals surface area contributed by atoms with Crippen LogP contribution in [0, 0.1) is 17.8 Å². The Morgan fingerprint density at radius 3 is 2.05 bits per heavy atom. The highest BCUT2D eigenvalue weighted by molar-refractivity contribution is 5.78. The number of esters is 1. The number of rotatable bonds is 10. The van der Waals surface area contributed by atoms with E-state index in [-0.39, 0.29) is 17.7 Å². The molecule has 0 spiro atoms. The number of hydrogen-bond acceptors (Lipinski definition) is 3. The van der Waals surface area contributed by atoms with E-state index in [1.165, 1.54) is 19.8 Å². The molecule has 0 aromatic rings. The van der Waals surface area contributed by atoms with Crippen LogP contribution in [0.15, 0.2) is 0 Å². The van der Waals surface area contributed by atoms with E-state index in [0.29, 0.717) is 25.4 Å². The molecule has 0 saturated heterocycles. The zero-order valence-electron chi connectivity index (χ0n) is 13.2. The topological polar surface area (TPSA) is 43.4 Å². The van der Waals surface area contributed by atoms with Gasteiger partial charge in [-0.3, -0.25) is 9.59 Å². The Balaban J connectivity index is 3.74. The summed E-state index contributed by atoms with van der Waals surface area (Å²) in [5.74, 6) is 1.34. The second-order valence-electron chi connectivity index (χ2n) is 6.28. The van der Waals surface area contributed by atoms with Gasteiger partial charge in [0.05, 0.1) is 6.61 Å². The molecule has 112 valence electrons. The van der Waals surface area contributed by atoms with Gasteiger partial charge in [-0.05, 0) is 17.8 Å². The maximum atomic E-state index is 11.9. The van der Waals surface area contributed by atoms with E-state index in [1.807, 2.05) is 6.92 Å². The average molecular weight is 270 g/mol. The van der Waals surface area contributed by atoms with Crippen molar-refractivity contribution in [3.8, 4) is 0 Å². The van der Waals surface area contributed by atoms with Gasteiger partial charge in [-0.1, -0.05) is 47.0 Å². The molecule has 0 aromatic carbocycles. The second kappa shape index (κ2) is 9.99. The quantitative estimate of drug-likeness (QED) is 0.564. The Hall–Kier alpha value is -0.860. The molecule has 0 aliphatic heterocycles. The summed E-state index contributed by atoms with van der Waals surface area (Å²) >= 11 is 0. The van der Waals surface area contributed by atoms with Gasteiger partial charge in [0.15, 0.2) is 0 Å². The summed E-state index contributed by atoms with van der Waals surface area (Å²) in [5.41, 5.74) is 0. The van der Waals surface area contributed by atoms with Crippen LogP contribution in [0.25, 0.3) is 0 Å². The minimum atomic E-state index is -0.277. The summed E-state index contributed by atoms with van der Waals surface area (Å²) in [6.07, 6.45) is 4.74. The molecule has 19 heavy (non-hydrogen) atoms. The van der Waals surface area contributed by atoms with Crippen LogP contribution < -0.4 is 0 Å². The number of hydrogen-bond donors (Lipinski definition) is 0. The normalized spacial score (nSPS) is 14.2. The highest BCUT2D eigenvalue weighted by Crippen LogP contribution is 2.17. The van der Waals surface area contributed by atoms with E-state index < -0.39 is 0 Å². The molecule has 0 aliphatic carbocycles. The minimum absolute atomic E-state index is 0.124. The minimum Gasteiger partial charge on any atom is -0.466 e. The molecular weight excluding hydrogens is 240 g/mol. The van der Waals surface area contributed by atoms with Crippen molar-refractivity contribution in [2.45, 2.75) is 66.7 Å². The van der Waals surface area contributed by atoms with Gasteiger partial charge in [-0.25, -0.2) is 0 Å². The van der Waals surface area contributed by atoms with Crippen molar-refractivity contribution >= 4 is 11.8 Å². The number of Topliss-reactive ketones (excluding diaryl/α,β-unsaturated/α-hetero) is 1. The lowest BCUT2D eigenvalue weighted by Crippen LogP contribution is -2.15. The molecule has 0 N–H and O–H groups in total. The van der Waals surface area contributed by atoms with Crippen LogP contribution in [-0.2, 0) is 14.3 Å². The first kappa shape index (κ1) is 18.1. The fraction of sp³-hybridized carbons (Fsp3) is 0.875. The van der Waals surface area contributed by atoms with Crippen molar-refractivity contribution < 1.29 is 14.3 Å². The third-order valence-corrected chi connectivity index (χ3v) is 3.20. The third-order valence-electron chi connectivity index (χ3n) is 3.20. The highest BCUT2D eigenvalue weighted by Gasteiger charge is 2.14. The van der Waals surface area contributed by atoms with Gasteiger partial charge in [0, 0.05) is 19.8 Å². The fourth-order valence-electron chi connectivity index (χ4n) is 2.16. The Morgan fingerprint density at radius 2 is 1.53 bits per heavy atom. The standard InChI is InChI=1S/C16H30O3/c1-12(2)7-6-8-13(3)9-16(18)10-14(4)11-19-15(5)17/h12-14H,6-11H2,1-5H3/t13-,14-/m1/s1. The monoisotopic (exact) mass is 270 g/mol. The lowest BCUT2D eigenvalue weighted by Gasteiger charge is -2.14. The van der Waals surface area contributed by atoms with E-state index in [2.05, 4.69) is 20.8 Å². The molecule has 0 aliphatic rings. The van der Waals surface area contributed by atoms with E-state index in [0.717, 1.165) is 12.3 Å². The fourth-order valence-corrected chi connectivity index (χ4v) is 2.16. The summed E-state index contributed by atoms with van der Waals surface area (Å²) in [5, 5.41) is 0. The summed E-state index contributed by atoms with van der Waals surface area (Å²) in [7, 11) is 0. The smallest absolute Gasteiger partial charge is 0.302 e. The van der Waals surface area contributed by atoms with E-state index >= 15 is 0 Å². The Morgan fingerprint density at radius 1 is 0.947 bits per heavy atom. The molecule has 3 heteroatoms. The SMILES string of the molecule is CC(=O)OC[C@H](C)CC(=O)C[C@H](C)CCCC(C)C. The maximum Gasteiger partial charge on any atom is 0.302 e. The van der Waals surface area contributed by atoms with Crippen LogP contribution in [0.4, 0.5) is 0 Å². The molecular formula is C16H30O3. The molecule has 0 saturated carbocycles. The molecule has 0 fully saturated rings. The van der Waals surface area contributed by atoms with Gasteiger partial charge in [-0.2, -0.15) is 0 Å². The van der Waals surface area contributed by atoms with Crippen molar-refractivity contribution in [2.75, 3.05) is 6.61 Å². The molecule has 0 heterocycles. The summed E-state index contributed by atoms with van der Waals surface area (Å²) in [6, 6.07) is 0. The van der Waals surface area contributed by atoms with Crippen molar-refractivity contribution in [3.05, 3.63) is 0 Å². The van der Waals surface area contributed by atoms with Gasteiger partial charge in [-0.15, -0.1) is 0 Å². The third kappa shape index (κ3) is 11.9. The molecule has 0 rings (SSSR count). The van der Waals surface area contributed by atoms with E-state index in [4.69, 9.17) is 4.74 Å². The Bertz CT molecular complexity index is 271. The Kier molecular flexibility index (Phi) is 9.54. The number of carbonyl (C=O) groups is 2. The van der Waals surface area contributed by atoms with Gasteiger partial charge < -0.3 is 4.74 Å². The lowest BCUT2D eigenvalue weighted by atomic mass is 9.93. The molecule has 2 atom stereocenters. The van der Waals surface area contributed by atoms with Gasteiger partial charge >= 0.3 is 5.97 Å². The van der Waals surface area contributed by atoms with Crippen LogP contribution in [0.5, 0.6) is 0 Å². The first-order valence-electron chi connectivity index (χ1n) is 7.46. The molecule has 0 amide bonds. The molecule has 0 bridgehead atoms. The van der Waals surface area contributed by atoms with Crippen molar-refractivity contribution in [1.82, 2.24) is 0 Å². The molecule has 0 radical (unpaired) electrons. The Labute approximate surface area is 118 Å². The van der Waals surface area contributed by atoms with Crippen molar-refractivity contribution in [3.63, 3.8) is 0 Å². The zero-order chi connectivity index (χ0) is 14.8. The molecule has 0 aromatic heterocycles. The van der Waals surface area contributed by atoms with Crippen molar-refractivity contribution in [1.29, 1.82) is 0 Å². The van der Waals surface area contributed by atoms with Gasteiger partial charge in [0.25, 0.3) is 0 Å². The van der Waals surface area contributed by atoms with Crippen LogP contribution in [0.3, 0.4) is 0 Å². The second-order valence-corrected chi connectivity index (χ2v) is 6.28. The van der Waals surface area contributed by atoms with Gasteiger partial charge in [0.2, 0.25) is 0 Å². The van der Waals surface area contributed by atoms with Crippen LogP contribution in [0.2, 0.25) is 0 Å². The average Bonchev–Trinajstić information content (AvgIpc) is 2.25. The zero-order valence-corrected chi connectivity index (χ0v) is 13.2. The van der Waals surface area contributed by atoms with E-state index in [1.54, 1.807) is 0 Å². The van der Waals surface area contributed by atoms with Gasteiger partial charge in [0.1, 0.15) is 5.78 Å². The van der Waals surface area contributed by atoms with Crippen LogP contribution in [-0.4, -0.2) is 18.4 Å². The van der Waals surface area contributed by atoms with E-state index in [9.17, 15) is 9.59 Å². The lowest BCUT2D eigenvalue weighted by molar-refractivity contribution is -0.142. The number of ether oxygens (including phenoxy) is 1. The predicted octanol–water partition coefficient (Wildman–Crippen LogP) is 4.00. The largest absolute Gasteiger partial charge is 0.466 e. The van der Waals surface area contributed by atoms with Crippen molar-refractivity contribution in [2.24, 2.45) is 17.8 Å².